The van der Waals surface area contributed by atoms with Gasteiger partial charge < -0.3 is 5.32 Å². The Balaban J connectivity index is 2.37. The third kappa shape index (κ3) is 3.56. The number of anilines is 2. The molecular weight excluding hydrogens is 345 g/mol. The average Bonchev–Trinajstić information content (AvgIpc) is 2.42. The summed E-state index contributed by atoms with van der Waals surface area (Å²) in [6, 6.07) is 10.5. The number of hydrogen-bond donors (Lipinski definition) is 1. The van der Waals surface area contributed by atoms with Crippen molar-refractivity contribution in [1.82, 2.24) is 0 Å². The van der Waals surface area contributed by atoms with E-state index in [2.05, 4.69) is 21.2 Å². The van der Waals surface area contributed by atoms with E-state index < -0.39 is 17.3 Å². The topological polar surface area (TPSA) is 35.8 Å². The highest BCUT2D eigenvalue weighted by Crippen LogP contribution is 2.34. The lowest BCUT2D eigenvalue weighted by molar-refractivity contribution is -0.137. The highest BCUT2D eigenvalue weighted by atomic mass is 79.9. The van der Waals surface area contributed by atoms with E-state index in [1.807, 2.05) is 13.0 Å². The van der Waals surface area contributed by atoms with Crippen molar-refractivity contribution in [3.63, 3.8) is 0 Å². The van der Waals surface area contributed by atoms with Crippen LogP contribution >= 0.6 is 15.9 Å². The first kappa shape index (κ1) is 15.4. The number of aryl methyl sites for hydroxylation is 1. The zero-order chi connectivity index (χ0) is 15.6. The first-order valence-corrected chi connectivity index (χ1v) is 6.75. The molecule has 108 valence electrons. The van der Waals surface area contributed by atoms with E-state index in [1.54, 1.807) is 18.2 Å². The monoisotopic (exact) mass is 354 g/mol. The first-order valence-electron chi connectivity index (χ1n) is 5.96. The molecule has 2 aromatic carbocycles. The number of nitrogens with zero attached hydrogens (tertiary/aromatic N) is 1. The summed E-state index contributed by atoms with van der Waals surface area (Å²) in [7, 11) is 0. The summed E-state index contributed by atoms with van der Waals surface area (Å²) < 4.78 is 39.5. The molecular formula is C15H10BrF3N2. The maximum Gasteiger partial charge on any atom is 0.417 e. The van der Waals surface area contributed by atoms with E-state index in [9.17, 15) is 13.2 Å². The Labute approximate surface area is 128 Å². The second kappa shape index (κ2) is 5.78. The number of hydrogen-bond acceptors (Lipinski definition) is 2. The van der Waals surface area contributed by atoms with Crippen molar-refractivity contribution < 1.29 is 13.2 Å². The van der Waals surface area contributed by atoms with Gasteiger partial charge in [0, 0.05) is 15.8 Å². The fourth-order valence-corrected chi connectivity index (χ4v) is 2.17. The molecule has 0 radical (unpaired) electrons. The zero-order valence-corrected chi connectivity index (χ0v) is 12.5. The Hall–Kier alpha value is -2.00. The summed E-state index contributed by atoms with van der Waals surface area (Å²) in [5.74, 6) is 0. The van der Waals surface area contributed by atoms with Gasteiger partial charge in [-0.25, -0.2) is 0 Å². The van der Waals surface area contributed by atoms with Gasteiger partial charge in [-0.2, -0.15) is 18.4 Å². The summed E-state index contributed by atoms with van der Waals surface area (Å²) in [6.45, 7) is 1.91. The number of rotatable bonds is 2. The van der Waals surface area contributed by atoms with Crippen LogP contribution in [0.2, 0.25) is 0 Å². The van der Waals surface area contributed by atoms with Crippen molar-refractivity contribution in [3.05, 3.63) is 57.6 Å². The van der Waals surface area contributed by atoms with Crippen LogP contribution in [0, 0.1) is 18.3 Å². The Morgan fingerprint density at radius 3 is 2.29 bits per heavy atom. The van der Waals surface area contributed by atoms with Gasteiger partial charge in [-0.15, -0.1) is 0 Å². The van der Waals surface area contributed by atoms with Crippen LogP contribution in [0.5, 0.6) is 0 Å². The quantitative estimate of drug-likeness (QED) is 0.784. The Morgan fingerprint density at radius 1 is 1.10 bits per heavy atom. The van der Waals surface area contributed by atoms with Crippen molar-refractivity contribution in [2.45, 2.75) is 13.1 Å². The van der Waals surface area contributed by atoms with Crippen LogP contribution in [-0.2, 0) is 6.18 Å². The second-order valence-corrected chi connectivity index (χ2v) is 5.31. The summed E-state index contributed by atoms with van der Waals surface area (Å²) in [4.78, 5) is 0. The number of halogens is 4. The van der Waals surface area contributed by atoms with Gasteiger partial charge in [0.15, 0.2) is 0 Å². The van der Waals surface area contributed by atoms with Gasteiger partial charge in [0.1, 0.15) is 0 Å². The molecule has 0 heterocycles. The summed E-state index contributed by atoms with van der Waals surface area (Å²) in [5.41, 5.74) is 0.623. The van der Waals surface area contributed by atoms with Crippen molar-refractivity contribution in [3.8, 4) is 6.07 Å². The van der Waals surface area contributed by atoms with Gasteiger partial charge in [0.2, 0.25) is 0 Å². The van der Waals surface area contributed by atoms with Crippen LogP contribution in [0.1, 0.15) is 16.7 Å². The maximum atomic E-state index is 12.9. The van der Waals surface area contributed by atoms with E-state index >= 15 is 0 Å². The zero-order valence-electron chi connectivity index (χ0n) is 10.9. The molecule has 0 saturated heterocycles. The van der Waals surface area contributed by atoms with Crippen LogP contribution in [-0.4, -0.2) is 0 Å². The smallest absolute Gasteiger partial charge is 0.355 e. The Kier molecular flexibility index (Phi) is 4.24. The summed E-state index contributed by atoms with van der Waals surface area (Å²) >= 11 is 3.37. The molecule has 0 amide bonds. The van der Waals surface area contributed by atoms with Crippen LogP contribution in [0.3, 0.4) is 0 Å². The SMILES string of the molecule is Cc1ccc(Nc2ccc(C#N)c(C(F)(F)F)c2)cc1Br. The predicted molar refractivity (Wildman–Crippen MR) is 78.3 cm³/mol. The third-order valence-electron chi connectivity index (χ3n) is 2.91. The lowest BCUT2D eigenvalue weighted by atomic mass is 10.1. The molecule has 2 nitrogen and oxygen atoms in total. The van der Waals surface area contributed by atoms with E-state index in [0.717, 1.165) is 22.2 Å². The fraction of sp³-hybridized carbons (Fsp3) is 0.133. The average molecular weight is 355 g/mol. The van der Waals surface area contributed by atoms with Gasteiger partial charge in [-0.3, -0.25) is 0 Å². The molecule has 0 aliphatic carbocycles. The molecule has 0 aromatic heterocycles. The number of benzene rings is 2. The molecule has 1 N–H and O–H groups in total. The van der Waals surface area contributed by atoms with E-state index in [1.165, 1.54) is 6.07 Å². The molecule has 0 unspecified atom stereocenters. The molecule has 0 bridgehead atoms. The van der Waals surface area contributed by atoms with Gasteiger partial charge in [0.05, 0.1) is 17.2 Å². The van der Waals surface area contributed by atoms with Crippen LogP contribution in [0.4, 0.5) is 24.5 Å². The molecule has 2 rings (SSSR count). The molecule has 0 atom stereocenters. The largest absolute Gasteiger partial charge is 0.417 e. The molecule has 2 aromatic rings. The second-order valence-electron chi connectivity index (χ2n) is 4.46. The normalized spacial score (nSPS) is 11.0. The number of alkyl halides is 3. The summed E-state index contributed by atoms with van der Waals surface area (Å²) in [6.07, 6.45) is -4.56. The van der Waals surface area contributed by atoms with Crippen molar-refractivity contribution in [2.24, 2.45) is 0 Å². The minimum Gasteiger partial charge on any atom is -0.355 e. The lowest BCUT2D eigenvalue weighted by Gasteiger charge is -2.13. The highest BCUT2D eigenvalue weighted by Gasteiger charge is 2.33. The van der Waals surface area contributed by atoms with Crippen molar-refractivity contribution >= 4 is 27.3 Å². The molecule has 0 saturated carbocycles. The third-order valence-corrected chi connectivity index (χ3v) is 3.76. The minimum atomic E-state index is -4.56. The summed E-state index contributed by atoms with van der Waals surface area (Å²) in [5, 5.41) is 11.6. The minimum absolute atomic E-state index is 0.275. The standard InChI is InChI=1S/C15H10BrF3N2/c1-9-2-4-12(7-14(9)16)21-11-5-3-10(8-20)13(6-11)15(17,18)19/h2-7,21H,1H3. The molecule has 0 aliphatic heterocycles. The van der Waals surface area contributed by atoms with Gasteiger partial charge in [0.25, 0.3) is 0 Å². The molecule has 6 heteroatoms. The van der Waals surface area contributed by atoms with Crippen LogP contribution < -0.4 is 5.32 Å². The maximum absolute atomic E-state index is 12.9. The van der Waals surface area contributed by atoms with Gasteiger partial charge >= 0.3 is 6.18 Å². The predicted octanol–water partition coefficient (Wildman–Crippen LogP) is 5.39. The molecule has 21 heavy (non-hydrogen) atoms. The number of nitrogens with one attached hydrogen (secondary N) is 1. The molecule has 0 fully saturated rings. The van der Waals surface area contributed by atoms with E-state index in [0.29, 0.717) is 5.69 Å². The first-order chi connectivity index (χ1) is 9.81. The van der Waals surface area contributed by atoms with Gasteiger partial charge in [-0.05, 0) is 42.8 Å². The molecule has 0 spiro atoms. The fourth-order valence-electron chi connectivity index (χ4n) is 1.79. The Morgan fingerprint density at radius 2 is 1.71 bits per heavy atom. The van der Waals surface area contributed by atoms with E-state index in [4.69, 9.17) is 5.26 Å². The van der Waals surface area contributed by atoms with Crippen molar-refractivity contribution in [1.29, 1.82) is 5.26 Å². The molecule has 0 aliphatic rings. The Bertz CT molecular complexity index is 718. The number of nitriles is 1. The van der Waals surface area contributed by atoms with E-state index in [-0.39, 0.29) is 5.69 Å². The van der Waals surface area contributed by atoms with Crippen LogP contribution in [0.25, 0.3) is 0 Å². The highest BCUT2D eigenvalue weighted by molar-refractivity contribution is 9.10. The van der Waals surface area contributed by atoms with Crippen molar-refractivity contribution in [2.75, 3.05) is 5.32 Å². The van der Waals surface area contributed by atoms with Gasteiger partial charge in [-0.1, -0.05) is 22.0 Å². The van der Waals surface area contributed by atoms with Crippen LogP contribution in [0.15, 0.2) is 40.9 Å². The lowest BCUT2D eigenvalue weighted by Crippen LogP contribution is -2.08.